The fourth-order valence-corrected chi connectivity index (χ4v) is 2.91. The molecule has 1 amide bonds. The molecule has 0 aliphatic heterocycles. The third-order valence-electron chi connectivity index (χ3n) is 4.39. The minimum absolute atomic E-state index is 0. The highest BCUT2D eigenvalue weighted by molar-refractivity contribution is 14.0. The van der Waals surface area contributed by atoms with E-state index in [1.54, 1.807) is 0 Å². The van der Waals surface area contributed by atoms with E-state index in [0.29, 0.717) is 13.1 Å². The van der Waals surface area contributed by atoms with Gasteiger partial charge in [0, 0.05) is 45.8 Å². The molecule has 28 heavy (non-hydrogen) atoms. The van der Waals surface area contributed by atoms with Crippen molar-refractivity contribution in [3.8, 4) is 0 Å². The molecule has 0 spiro atoms. The number of hydrogen-bond donors (Lipinski definition) is 1. The molecule has 0 saturated carbocycles. The predicted molar refractivity (Wildman–Crippen MR) is 123 cm³/mol. The Kier molecular flexibility index (Phi) is 10.8. The van der Waals surface area contributed by atoms with E-state index in [-0.39, 0.29) is 29.9 Å². The van der Waals surface area contributed by atoms with Crippen LogP contribution >= 0.6 is 24.0 Å². The number of guanidine groups is 1. The molecule has 8 nitrogen and oxygen atoms in total. The highest BCUT2D eigenvalue weighted by Gasteiger charge is 2.15. The zero-order valence-corrected chi connectivity index (χ0v) is 19.6. The molecule has 0 radical (unpaired) electrons. The van der Waals surface area contributed by atoms with Crippen molar-refractivity contribution in [3.05, 3.63) is 30.2 Å². The molecule has 2 aromatic heterocycles. The Morgan fingerprint density at radius 2 is 1.96 bits per heavy atom. The lowest BCUT2D eigenvalue weighted by Crippen LogP contribution is -2.45. The Balaban J connectivity index is 0.00000392. The van der Waals surface area contributed by atoms with Gasteiger partial charge in [-0.1, -0.05) is 6.07 Å². The van der Waals surface area contributed by atoms with Crippen molar-refractivity contribution in [1.29, 1.82) is 0 Å². The minimum Gasteiger partial charge on any atom is -0.357 e. The molecule has 0 aliphatic rings. The highest BCUT2D eigenvalue weighted by Crippen LogP contribution is 2.05. The third kappa shape index (κ3) is 6.61. The van der Waals surface area contributed by atoms with Crippen LogP contribution in [-0.2, 0) is 11.2 Å². The number of likely N-dealkylation sites (N-methyl/N-ethyl adjacent to an activating group) is 2. The van der Waals surface area contributed by atoms with E-state index in [2.05, 4.69) is 20.5 Å². The molecule has 2 heterocycles. The number of carbonyl (C=O) groups excluding carboxylic acids is 1. The van der Waals surface area contributed by atoms with Gasteiger partial charge in [0.05, 0.1) is 6.54 Å². The smallest absolute Gasteiger partial charge is 0.242 e. The number of aryl methyl sites for hydroxylation is 1. The number of aliphatic imine (C=N–C) groups is 1. The average molecular weight is 501 g/mol. The lowest BCUT2D eigenvalue weighted by Gasteiger charge is -2.25. The zero-order chi connectivity index (χ0) is 19.6. The number of nitrogens with zero attached hydrogens (tertiary/aromatic N) is 6. The van der Waals surface area contributed by atoms with Gasteiger partial charge >= 0.3 is 0 Å². The van der Waals surface area contributed by atoms with Gasteiger partial charge in [0.1, 0.15) is 5.82 Å². The number of carbonyl (C=O) groups is 1. The van der Waals surface area contributed by atoms with E-state index in [0.717, 1.165) is 49.9 Å². The highest BCUT2D eigenvalue weighted by atomic mass is 127. The molecule has 0 atom stereocenters. The molecule has 1 N–H and O–H groups in total. The summed E-state index contributed by atoms with van der Waals surface area (Å²) >= 11 is 0. The SMILES string of the molecule is CCNC(=NCCCc1nnc2ccccn12)N(C)CC(=O)N(CC)CC.I. The lowest BCUT2D eigenvalue weighted by atomic mass is 10.3. The van der Waals surface area contributed by atoms with Crippen molar-refractivity contribution >= 4 is 41.5 Å². The topological polar surface area (TPSA) is 78.1 Å². The van der Waals surface area contributed by atoms with E-state index < -0.39 is 0 Å². The van der Waals surface area contributed by atoms with E-state index >= 15 is 0 Å². The first-order valence-corrected chi connectivity index (χ1v) is 9.66. The number of rotatable bonds is 9. The maximum absolute atomic E-state index is 12.3. The van der Waals surface area contributed by atoms with Crippen molar-refractivity contribution in [1.82, 2.24) is 29.7 Å². The molecule has 156 valence electrons. The summed E-state index contributed by atoms with van der Waals surface area (Å²) < 4.78 is 2.00. The fraction of sp³-hybridized carbons (Fsp3) is 0.579. The summed E-state index contributed by atoms with van der Waals surface area (Å²) in [5, 5.41) is 11.7. The standard InChI is InChI=1S/C19H31N7O.HI/c1-5-20-19(24(4)15-18(27)25(6-2)7-3)21-13-10-12-17-23-22-16-11-8-9-14-26(16)17;/h8-9,11,14H,5-7,10,12-13,15H2,1-4H3,(H,20,21);1H. The second kappa shape index (κ2) is 12.5. The Hall–Kier alpha value is -1.91. The Morgan fingerprint density at radius 3 is 2.64 bits per heavy atom. The second-order valence-electron chi connectivity index (χ2n) is 6.31. The Labute approximate surface area is 184 Å². The van der Waals surface area contributed by atoms with Gasteiger partial charge in [-0.15, -0.1) is 34.2 Å². The van der Waals surface area contributed by atoms with E-state index in [9.17, 15) is 4.79 Å². The van der Waals surface area contributed by atoms with Crippen molar-refractivity contribution in [2.24, 2.45) is 4.99 Å². The Morgan fingerprint density at radius 1 is 1.21 bits per heavy atom. The summed E-state index contributed by atoms with van der Waals surface area (Å²) in [4.78, 5) is 20.7. The number of pyridine rings is 1. The van der Waals surface area contributed by atoms with E-state index in [1.807, 2.05) is 66.4 Å². The molecule has 2 aromatic rings. The number of halogens is 1. The first-order valence-electron chi connectivity index (χ1n) is 9.66. The fourth-order valence-electron chi connectivity index (χ4n) is 2.91. The predicted octanol–water partition coefficient (Wildman–Crippen LogP) is 2.05. The van der Waals surface area contributed by atoms with Gasteiger partial charge in [0.25, 0.3) is 0 Å². The molecular formula is C19H32IN7O. The molecule has 0 unspecified atom stereocenters. The molecule has 0 aromatic carbocycles. The maximum atomic E-state index is 12.3. The van der Waals surface area contributed by atoms with Crippen LogP contribution in [0.5, 0.6) is 0 Å². The molecule has 9 heteroatoms. The van der Waals surface area contributed by atoms with Gasteiger partial charge in [-0.2, -0.15) is 0 Å². The molecule has 0 bridgehead atoms. The summed E-state index contributed by atoms with van der Waals surface area (Å²) in [6.45, 7) is 9.21. The van der Waals surface area contributed by atoms with Crippen LogP contribution in [0.1, 0.15) is 33.0 Å². The van der Waals surface area contributed by atoms with Crippen LogP contribution in [-0.4, -0.2) is 76.0 Å². The lowest BCUT2D eigenvalue weighted by molar-refractivity contribution is -0.131. The maximum Gasteiger partial charge on any atom is 0.242 e. The third-order valence-corrected chi connectivity index (χ3v) is 4.39. The minimum atomic E-state index is 0. The van der Waals surface area contributed by atoms with Crippen LogP contribution in [0.3, 0.4) is 0 Å². The van der Waals surface area contributed by atoms with Gasteiger partial charge in [-0.25, -0.2) is 0 Å². The number of fused-ring (bicyclic) bond motifs is 1. The van der Waals surface area contributed by atoms with Crippen LogP contribution in [0.2, 0.25) is 0 Å². The quantitative estimate of drug-likeness (QED) is 0.246. The molecule has 0 fully saturated rings. The monoisotopic (exact) mass is 501 g/mol. The summed E-state index contributed by atoms with van der Waals surface area (Å²) in [6, 6.07) is 5.87. The molecule has 0 aliphatic carbocycles. The second-order valence-corrected chi connectivity index (χ2v) is 6.31. The zero-order valence-electron chi connectivity index (χ0n) is 17.3. The van der Waals surface area contributed by atoms with Gasteiger partial charge < -0.3 is 15.1 Å². The molecule has 0 saturated heterocycles. The van der Waals surface area contributed by atoms with Crippen molar-refractivity contribution in [2.45, 2.75) is 33.6 Å². The van der Waals surface area contributed by atoms with Crippen LogP contribution in [0.25, 0.3) is 5.65 Å². The normalized spacial score (nSPS) is 11.2. The number of hydrogen-bond acceptors (Lipinski definition) is 4. The molecular weight excluding hydrogens is 469 g/mol. The van der Waals surface area contributed by atoms with Gasteiger partial charge in [-0.3, -0.25) is 14.2 Å². The molecule has 2 rings (SSSR count). The van der Waals surface area contributed by atoms with E-state index in [4.69, 9.17) is 0 Å². The number of nitrogens with one attached hydrogen (secondary N) is 1. The largest absolute Gasteiger partial charge is 0.357 e. The van der Waals surface area contributed by atoms with Crippen molar-refractivity contribution in [2.75, 3.05) is 39.8 Å². The van der Waals surface area contributed by atoms with Crippen LogP contribution < -0.4 is 5.32 Å². The van der Waals surface area contributed by atoms with Crippen molar-refractivity contribution in [3.63, 3.8) is 0 Å². The summed E-state index contributed by atoms with van der Waals surface area (Å²) in [5.74, 6) is 1.81. The average Bonchev–Trinajstić information content (AvgIpc) is 3.08. The first-order chi connectivity index (χ1) is 13.1. The van der Waals surface area contributed by atoms with Gasteiger partial charge in [-0.05, 0) is 39.3 Å². The summed E-state index contributed by atoms with van der Waals surface area (Å²) in [6.07, 6.45) is 3.64. The van der Waals surface area contributed by atoms with Gasteiger partial charge in [0.2, 0.25) is 5.91 Å². The Bertz CT molecular complexity index is 758. The van der Waals surface area contributed by atoms with Crippen LogP contribution in [0, 0.1) is 0 Å². The number of aromatic nitrogens is 3. The summed E-state index contributed by atoms with van der Waals surface area (Å²) in [5.41, 5.74) is 0.860. The van der Waals surface area contributed by atoms with Gasteiger partial charge in [0.15, 0.2) is 11.6 Å². The van der Waals surface area contributed by atoms with Crippen LogP contribution in [0.15, 0.2) is 29.4 Å². The van der Waals surface area contributed by atoms with Crippen LogP contribution in [0.4, 0.5) is 0 Å². The summed E-state index contributed by atoms with van der Waals surface area (Å²) in [7, 11) is 1.90. The first kappa shape index (κ1) is 24.1. The van der Waals surface area contributed by atoms with E-state index in [1.165, 1.54) is 0 Å². The van der Waals surface area contributed by atoms with Crippen molar-refractivity contribution < 1.29 is 4.79 Å². The number of amides is 1.